The Hall–Kier alpha value is -4.52. The number of ether oxygens (including phenoxy) is 1. The van der Waals surface area contributed by atoms with Crippen molar-refractivity contribution < 1.29 is 27.1 Å². The Balaban J connectivity index is 1.10. The first-order valence-corrected chi connectivity index (χ1v) is 15.3. The number of likely N-dealkylation sites (tertiary alicyclic amines) is 1. The van der Waals surface area contributed by atoms with Gasteiger partial charge in [-0.3, -0.25) is 14.4 Å². The van der Waals surface area contributed by atoms with E-state index in [4.69, 9.17) is 4.74 Å². The Morgan fingerprint density at radius 2 is 1.87 bits per heavy atom. The third kappa shape index (κ3) is 5.79. The molecule has 2 aromatic carbocycles. The Kier molecular flexibility index (Phi) is 7.46. The zero-order valence-corrected chi connectivity index (χ0v) is 25.4. The predicted octanol–water partition coefficient (Wildman–Crippen LogP) is 6.47. The second-order valence-corrected chi connectivity index (χ2v) is 12.8. The van der Waals surface area contributed by atoms with E-state index in [1.54, 1.807) is 13.8 Å². The van der Waals surface area contributed by atoms with E-state index < -0.39 is 23.7 Å². The number of aromatic nitrogens is 4. The maximum absolute atomic E-state index is 14.5. The lowest BCUT2D eigenvalue weighted by molar-refractivity contribution is -0.141. The fourth-order valence-electron chi connectivity index (χ4n) is 6.89. The topological polar surface area (TPSA) is 88.4 Å². The molecule has 0 radical (unpaired) electrons. The van der Waals surface area contributed by atoms with Gasteiger partial charge in [-0.1, -0.05) is 12.1 Å². The van der Waals surface area contributed by atoms with Crippen LogP contribution in [0.1, 0.15) is 49.6 Å². The minimum Gasteiger partial charge on any atom is -0.451 e. The molecule has 0 saturated carbocycles. The minimum absolute atomic E-state index is 0.0276. The first-order chi connectivity index (χ1) is 22.0. The van der Waals surface area contributed by atoms with Gasteiger partial charge in [-0.05, 0) is 74.7 Å². The minimum atomic E-state index is -4.66. The molecule has 2 saturated heterocycles. The molecule has 2 fully saturated rings. The maximum atomic E-state index is 14.5. The van der Waals surface area contributed by atoms with Crippen molar-refractivity contribution in [1.82, 2.24) is 24.6 Å². The number of carbonyl (C=O) groups excluding carboxylic acids is 1. The van der Waals surface area contributed by atoms with Gasteiger partial charge in [-0.15, -0.1) is 0 Å². The van der Waals surface area contributed by atoms with Gasteiger partial charge < -0.3 is 15.0 Å². The standard InChI is InChI=1S/C33H33F4N7O2/c1-20(2)44-26(14-29(41-44)33(35,36)37)24-13-23(34)5-6-27(24)46-28-15-38-19-39-31(28)43-10-8-32(18-43)7-9-42(17-32)16-21-3-4-22-12-30(45)40-25(22)11-21/h3-6,11,13-15,19-20H,7-10,12,16-18H2,1-2H3,(H,40,45). The third-order valence-electron chi connectivity index (χ3n) is 9.07. The van der Waals surface area contributed by atoms with Crippen molar-refractivity contribution in [3.8, 4) is 22.8 Å². The van der Waals surface area contributed by atoms with Crippen LogP contribution in [0.4, 0.5) is 29.1 Å². The van der Waals surface area contributed by atoms with E-state index in [-0.39, 0.29) is 28.3 Å². The third-order valence-corrected chi connectivity index (χ3v) is 9.07. The molecule has 1 unspecified atom stereocenters. The Morgan fingerprint density at radius 3 is 2.67 bits per heavy atom. The van der Waals surface area contributed by atoms with Gasteiger partial charge >= 0.3 is 6.18 Å². The fourth-order valence-corrected chi connectivity index (χ4v) is 6.89. The van der Waals surface area contributed by atoms with E-state index in [9.17, 15) is 22.4 Å². The Labute approximate surface area is 263 Å². The number of alkyl halides is 3. The summed E-state index contributed by atoms with van der Waals surface area (Å²) in [5.41, 5.74) is 2.32. The van der Waals surface area contributed by atoms with E-state index in [0.717, 1.165) is 74.5 Å². The summed E-state index contributed by atoms with van der Waals surface area (Å²) in [5.74, 6) is 0.477. The molecule has 0 bridgehead atoms. The summed E-state index contributed by atoms with van der Waals surface area (Å²) in [6.07, 6.45) is 0.712. The molecule has 7 rings (SSSR count). The molecule has 46 heavy (non-hydrogen) atoms. The van der Waals surface area contributed by atoms with Crippen LogP contribution in [0, 0.1) is 11.2 Å². The number of amides is 1. The van der Waals surface area contributed by atoms with Crippen LogP contribution in [0.3, 0.4) is 0 Å². The zero-order chi connectivity index (χ0) is 32.2. The largest absolute Gasteiger partial charge is 0.451 e. The number of hydrogen-bond donors (Lipinski definition) is 1. The van der Waals surface area contributed by atoms with Crippen LogP contribution in [0.2, 0.25) is 0 Å². The SMILES string of the molecule is CC(C)n1nc(C(F)(F)F)cc1-c1cc(F)ccc1Oc1cncnc1N1CCC2(CCN(Cc3ccc4c(c3)NC(=O)C4)C2)C1. The van der Waals surface area contributed by atoms with E-state index in [0.29, 0.717) is 18.0 Å². The summed E-state index contributed by atoms with van der Waals surface area (Å²) in [5, 5.41) is 6.70. The van der Waals surface area contributed by atoms with Crippen LogP contribution < -0.4 is 15.0 Å². The number of benzene rings is 2. The van der Waals surface area contributed by atoms with Crippen LogP contribution in [0.25, 0.3) is 11.3 Å². The van der Waals surface area contributed by atoms with Crippen LogP contribution in [0.5, 0.6) is 11.5 Å². The lowest BCUT2D eigenvalue weighted by atomic mass is 9.86. The smallest absolute Gasteiger partial charge is 0.435 e. The summed E-state index contributed by atoms with van der Waals surface area (Å²) in [4.78, 5) is 25.1. The average Bonchev–Trinajstić information content (AvgIpc) is 3.80. The molecule has 240 valence electrons. The molecule has 2 aromatic heterocycles. The molecule has 3 aliphatic rings. The first-order valence-electron chi connectivity index (χ1n) is 15.3. The molecule has 1 amide bonds. The van der Waals surface area contributed by atoms with Crippen molar-refractivity contribution >= 4 is 17.4 Å². The van der Waals surface area contributed by atoms with Gasteiger partial charge in [0.15, 0.2) is 17.3 Å². The lowest BCUT2D eigenvalue weighted by Crippen LogP contribution is -2.31. The number of carbonyl (C=O) groups is 1. The number of anilines is 2. The van der Waals surface area contributed by atoms with Crippen molar-refractivity contribution in [2.24, 2.45) is 5.41 Å². The molecule has 13 heteroatoms. The van der Waals surface area contributed by atoms with Gasteiger partial charge in [0, 0.05) is 48.9 Å². The van der Waals surface area contributed by atoms with Crippen molar-refractivity contribution in [2.75, 3.05) is 36.4 Å². The van der Waals surface area contributed by atoms with Crippen LogP contribution >= 0.6 is 0 Å². The summed E-state index contributed by atoms with van der Waals surface area (Å²) < 4.78 is 62.9. The highest BCUT2D eigenvalue weighted by molar-refractivity contribution is 5.99. The lowest BCUT2D eigenvalue weighted by Gasteiger charge is -2.26. The summed E-state index contributed by atoms with van der Waals surface area (Å²) in [6, 6.07) is 10.4. The molecule has 1 N–H and O–H groups in total. The molecular weight excluding hydrogens is 602 g/mol. The van der Waals surface area contributed by atoms with Crippen molar-refractivity contribution in [3.05, 3.63) is 77.6 Å². The van der Waals surface area contributed by atoms with Crippen LogP contribution in [-0.4, -0.2) is 56.7 Å². The number of hydrogen-bond acceptors (Lipinski definition) is 7. The molecule has 4 aromatic rings. The summed E-state index contributed by atoms with van der Waals surface area (Å²) in [6.45, 7) is 7.57. The number of rotatable bonds is 7. The highest BCUT2D eigenvalue weighted by Gasteiger charge is 2.44. The monoisotopic (exact) mass is 635 g/mol. The van der Waals surface area contributed by atoms with Gasteiger partial charge in [-0.2, -0.15) is 18.3 Å². The molecule has 0 aliphatic carbocycles. The van der Waals surface area contributed by atoms with E-state index in [2.05, 4.69) is 42.3 Å². The van der Waals surface area contributed by atoms with Crippen LogP contribution in [0.15, 0.2) is 55.0 Å². The number of nitrogens with zero attached hydrogens (tertiary/aromatic N) is 6. The Morgan fingerprint density at radius 1 is 1.04 bits per heavy atom. The highest BCUT2D eigenvalue weighted by Crippen LogP contribution is 2.45. The first kappa shape index (κ1) is 30.2. The zero-order valence-electron chi connectivity index (χ0n) is 25.4. The molecule has 1 atom stereocenters. The number of nitrogens with one attached hydrogen (secondary N) is 1. The maximum Gasteiger partial charge on any atom is 0.435 e. The van der Waals surface area contributed by atoms with Crippen molar-refractivity contribution in [1.29, 1.82) is 0 Å². The van der Waals surface area contributed by atoms with Gasteiger partial charge in [0.05, 0.1) is 18.3 Å². The van der Waals surface area contributed by atoms with E-state index in [1.165, 1.54) is 29.3 Å². The molecule has 3 aliphatic heterocycles. The van der Waals surface area contributed by atoms with E-state index in [1.807, 2.05) is 6.07 Å². The second kappa shape index (κ2) is 11.4. The summed E-state index contributed by atoms with van der Waals surface area (Å²) >= 11 is 0. The average molecular weight is 636 g/mol. The van der Waals surface area contributed by atoms with Crippen LogP contribution in [-0.2, 0) is 23.9 Å². The van der Waals surface area contributed by atoms with Gasteiger partial charge in [0.1, 0.15) is 17.9 Å². The molecular formula is C33H33F4N7O2. The van der Waals surface area contributed by atoms with Crippen molar-refractivity contribution in [2.45, 2.75) is 51.9 Å². The second-order valence-electron chi connectivity index (χ2n) is 12.8. The predicted molar refractivity (Wildman–Crippen MR) is 163 cm³/mol. The quantitative estimate of drug-likeness (QED) is 0.233. The summed E-state index contributed by atoms with van der Waals surface area (Å²) in [7, 11) is 0. The highest BCUT2D eigenvalue weighted by atomic mass is 19.4. The van der Waals surface area contributed by atoms with Gasteiger partial charge in [0.2, 0.25) is 5.91 Å². The normalized spacial score (nSPS) is 19.8. The van der Waals surface area contributed by atoms with Gasteiger partial charge in [0.25, 0.3) is 0 Å². The van der Waals surface area contributed by atoms with Gasteiger partial charge in [-0.25, -0.2) is 14.4 Å². The van der Waals surface area contributed by atoms with E-state index >= 15 is 0 Å². The number of fused-ring (bicyclic) bond motifs is 1. The molecule has 9 nitrogen and oxygen atoms in total. The Bertz CT molecular complexity index is 1810. The van der Waals surface area contributed by atoms with Crippen molar-refractivity contribution in [3.63, 3.8) is 0 Å². The molecule has 5 heterocycles. The fraction of sp³-hybridized carbons (Fsp3) is 0.394. The molecule has 1 spiro atoms. The number of halogens is 4.